The molecule has 1 fully saturated rings. The Labute approximate surface area is 88.3 Å². The quantitative estimate of drug-likeness (QED) is 0.684. The van der Waals surface area contributed by atoms with Gasteiger partial charge in [-0.2, -0.15) is 5.26 Å². The Morgan fingerprint density at radius 2 is 2.00 bits per heavy atom. The summed E-state index contributed by atoms with van der Waals surface area (Å²) in [6.45, 7) is 0.710. The first kappa shape index (κ1) is 9.53. The van der Waals surface area contributed by atoms with Gasteiger partial charge >= 0.3 is 0 Å². The van der Waals surface area contributed by atoms with Crippen LogP contribution in [0.2, 0.25) is 0 Å². The van der Waals surface area contributed by atoms with Crippen molar-refractivity contribution >= 4 is 11.6 Å². The van der Waals surface area contributed by atoms with Gasteiger partial charge in [-0.15, -0.1) is 0 Å². The molecule has 15 heavy (non-hydrogen) atoms. The number of hydrazine groups is 1. The van der Waals surface area contributed by atoms with E-state index in [1.54, 1.807) is 24.2 Å². The number of benzene rings is 1. The third kappa shape index (κ3) is 1.64. The van der Waals surface area contributed by atoms with Crippen molar-refractivity contribution in [3.63, 3.8) is 0 Å². The zero-order valence-electron chi connectivity index (χ0n) is 8.47. The smallest absolute Gasteiger partial charge is 0.242 e. The van der Waals surface area contributed by atoms with E-state index < -0.39 is 0 Å². The molecule has 1 heterocycles. The molecule has 1 aromatic rings. The lowest BCUT2D eigenvalue weighted by atomic mass is 10.2. The lowest BCUT2D eigenvalue weighted by Gasteiger charge is -2.25. The molecule has 0 aromatic heterocycles. The summed E-state index contributed by atoms with van der Waals surface area (Å²) in [5.74, 6) is 0.124. The number of rotatable bonds is 1. The second kappa shape index (κ2) is 3.62. The number of carbonyl (C=O) groups excluding carboxylic acids is 1. The van der Waals surface area contributed by atoms with E-state index in [4.69, 9.17) is 5.26 Å². The van der Waals surface area contributed by atoms with Gasteiger partial charge in [0.1, 0.15) is 0 Å². The first-order chi connectivity index (χ1) is 7.22. The molecule has 1 aromatic carbocycles. The molecular formula is C11H11N3O. The van der Waals surface area contributed by atoms with Crippen LogP contribution < -0.4 is 5.01 Å². The number of amides is 1. The number of carbonyl (C=O) groups is 1. The molecule has 1 aliphatic heterocycles. The molecule has 4 nitrogen and oxygen atoms in total. The third-order valence-corrected chi connectivity index (χ3v) is 2.55. The fraction of sp³-hybridized carbons (Fsp3) is 0.273. The molecule has 0 saturated carbocycles. The van der Waals surface area contributed by atoms with E-state index >= 15 is 0 Å². The van der Waals surface area contributed by atoms with Gasteiger partial charge < -0.3 is 0 Å². The van der Waals surface area contributed by atoms with Crippen molar-refractivity contribution in [2.45, 2.75) is 6.42 Å². The highest BCUT2D eigenvalue weighted by Crippen LogP contribution is 2.21. The fourth-order valence-corrected chi connectivity index (χ4v) is 1.66. The molecule has 2 rings (SSSR count). The van der Waals surface area contributed by atoms with E-state index in [1.807, 2.05) is 17.1 Å². The fourth-order valence-electron chi connectivity index (χ4n) is 1.66. The summed E-state index contributed by atoms with van der Waals surface area (Å²) >= 11 is 0. The highest BCUT2D eigenvalue weighted by molar-refractivity contribution is 5.81. The zero-order valence-corrected chi connectivity index (χ0v) is 8.47. The molecule has 1 amide bonds. The monoisotopic (exact) mass is 201 g/mol. The van der Waals surface area contributed by atoms with Crippen LogP contribution in [0, 0.1) is 11.3 Å². The van der Waals surface area contributed by atoms with Crippen LogP contribution in [0.4, 0.5) is 5.69 Å². The van der Waals surface area contributed by atoms with Crippen LogP contribution in [0.1, 0.15) is 12.0 Å². The number of nitrogens with zero attached hydrogens (tertiary/aromatic N) is 3. The number of hydrogen-bond donors (Lipinski definition) is 0. The second-order valence-corrected chi connectivity index (χ2v) is 3.45. The molecule has 0 atom stereocenters. The largest absolute Gasteiger partial charge is 0.283 e. The molecular weight excluding hydrogens is 190 g/mol. The van der Waals surface area contributed by atoms with E-state index in [-0.39, 0.29) is 5.91 Å². The van der Waals surface area contributed by atoms with Crippen molar-refractivity contribution in [2.24, 2.45) is 0 Å². The highest BCUT2D eigenvalue weighted by Gasteiger charge is 2.25. The summed E-state index contributed by atoms with van der Waals surface area (Å²) in [7, 11) is 1.76. The Hall–Kier alpha value is -2.02. The minimum absolute atomic E-state index is 0.124. The predicted molar refractivity (Wildman–Crippen MR) is 55.9 cm³/mol. The van der Waals surface area contributed by atoms with Crippen LogP contribution in [0.5, 0.6) is 0 Å². The van der Waals surface area contributed by atoms with E-state index in [2.05, 4.69) is 6.07 Å². The first-order valence-electron chi connectivity index (χ1n) is 4.76. The second-order valence-electron chi connectivity index (χ2n) is 3.45. The maximum atomic E-state index is 11.3. The number of anilines is 1. The van der Waals surface area contributed by atoms with Crippen LogP contribution in [-0.4, -0.2) is 24.5 Å². The summed E-state index contributed by atoms with van der Waals surface area (Å²) in [6.07, 6.45) is 0.552. The average molecular weight is 201 g/mol. The van der Waals surface area contributed by atoms with Crippen molar-refractivity contribution in [3.05, 3.63) is 29.8 Å². The summed E-state index contributed by atoms with van der Waals surface area (Å²) in [4.78, 5) is 11.3. The van der Waals surface area contributed by atoms with Crippen molar-refractivity contribution in [2.75, 3.05) is 18.6 Å². The molecule has 0 aliphatic carbocycles. The lowest BCUT2D eigenvalue weighted by molar-refractivity contribution is -0.126. The summed E-state index contributed by atoms with van der Waals surface area (Å²) in [5.41, 5.74) is 1.58. The van der Waals surface area contributed by atoms with Crippen LogP contribution in [0.15, 0.2) is 24.3 Å². The van der Waals surface area contributed by atoms with Gasteiger partial charge in [-0.25, -0.2) is 0 Å². The third-order valence-electron chi connectivity index (χ3n) is 2.55. The number of nitriles is 1. The van der Waals surface area contributed by atoms with Gasteiger partial charge in [0.15, 0.2) is 0 Å². The maximum Gasteiger partial charge on any atom is 0.242 e. The average Bonchev–Trinajstić information content (AvgIpc) is 2.60. The first-order valence-corrected chi connectivity index (χ1v) is 4.76. The molecule has 0 radical (unpaired) electrons. The molecule has 0 spiro atoms. The van der Waals surface area contributed by atoms with Gasteiger partial charge in [-0.05, 0) is 24.3 Å². The Morgan fingerprint density at radius 1 is 1.33 bits per heavy atom. The van der Waals surface area contributed by atoms with Crippen molar-refractivity contribution in [3.8, 4) is 6.07 Å². The van der Waals surface area contributed by atoms with Crippen molar-refractivity contribution in [1.82, 2.24) is 5.01 Å². The van der Waals surface area contributed by atoms with Gasteiger partial charge in [0, 0.05) is 20.0 Å². The molecule has 0 N–H and O–H groups in total. The Morgan fingerprint density at radius 3 is 2.47 bits per heavy atom. The van der Waals surface area contributed by atoms with Gasteiger partial charge in [0.05, 0.1) is 17.3 Å². The highest BCUT2D eigenvalue weighted by atomic mass is 16.2. The molecule has 0 bridgehead atoms. The van der Waals surface area contributed by atoms with Crippen LogP contribution in [0.25, 0.3) is 0 Å². The van der Waals surface area contributed by atoms with Crippen molar-refractivity contribution < 1.29 is 4.79 Å². The maximum absolute atomic E-state index is 11.3. The van der Waals surface area contributed by atoms with E-state index in [9.17, 15) is 4.79 Å². The summed E-state index contributed by atoms with van der Waals surface area (Å²) < 4.78 is 0. The summed E-state index contributed by atoms with van der Waals surface area (Å²) in [6, 6.07) is 9.29. The SMILES string of the molecule is CN1C(=O)CCN1c1ccc(C#N)cc1. The molecule has 0 unspecified atom stereocenters. The molecule has 4 heteroatoms. The van der Waals surface area contributed by atoms with Gasteiger partial charge in [0.2, 0.25) is 5.91 Å². The number of hydrogen-bond acceptors (Lipinski definition) is 3. The van der Waals surface area contributed by atoms with E-state index in [0.717, 1.165) is 5.69 Å². The normalized spacial score (nSPS) is 15.6. The minimum atomic E-state index is 0.124. The van der Waals surface area contributed by atoms with E-state index in [0.29, 0.717) is 18.5 Å². The van der Waals surface area contributed by atoms with Gasteiger partial charge in [0.25, 0.3) is 0 Å². The van der Waals surface area contributed by atoms with Gasteiger partial charge in [-0.3, -0.25) is 14.8 Å². The molecule has 1 aliphatic rings. The predicted octanol–water partition coefficient (Wildman–Crippen LogP) is 1.14. The molecule has 76 valence electrons. The Bertz CT molecular complexity index is 418. The standard InChI is InChI=1S/C11H11N3O/c1-13-11(15)6-7-14(13)10-4-2-9(8-12)3-5-10/h2-5H,6-7H2,1H3. The van der Waals surface area contributed by atoms with Crippen LogP contribution in [-0.2, 0) is 4.79 Å². The van der Waals surface area contributed by atoms with Gasteiger partial charge in [-0.1, -0.05) is 0 Å². The minimum Gasteiger partial charge on any atom is -0.283 e. The summed E-state index contributed by atoms with van der Waals surface area (Å²) in [5, 5.41) is 12.2. The zero-order chi connectivity index (χ0) is 10.8. The van der Waals surface area contributed by atoms with Crippen LogP contribution in [0.3, 0.4) is 0 Å². The topological polar surface area (TPSA) is 47.3 Å². The lowest BCUT2D eigenvalue weighted by Crippen LogP contribution is -2.35. The van der Waals surface area contributed by atoms with Crippen molar-refractivity contribution in [1.29, 1.82) is 5.26 Å². The van der Waals surface area contributed by atoms with E-state index in [1.165, 1.54) is 0 Å². The van der Waals surface area contributed by atoms with Crippen LogP contribution >= 0.6 is 0 Å². The molecule has 1 saturated heterocycles. The Kier molecular flexibility index (Phi) is 2.30. The Balaban J connectivity index is 2.24.